The lowest BCUT2D eigenvalue weighted by Gasteiger charge is -2.34. The maximum Gasteiger partial charge on any atom is 0.276 e. The Morgan fingerprint density at radius 2 is 1.86 bits per heavy atom. The first-order valence-corrected chi connectivity index (χ1v) is 11.0. The minimum atomic E-state index is -0.383. The van der Waals surface area contributed by atoms with Gasteiger partial charge in [0.1, 0.15) is 5.70 Å². The van der Waals surface area contributed by atoms with Crippen LogP contribution < -0.4 is 15.9 Å². The summed E-state index contributed by atoms with van der Waals surface area (Å²) in [6.07, 6.45) is 1.51. The molecule has 0 saturated heterocycles. The van der Waals surface area contributed by atoms with Gasteiger partial charge in [0.05, 0.1) is 5.36 Å². The second-order valence-corrected chi connectivity index (χ2v) is 9.50. The number of carbonyl (C=O) groups excluding carboxylic acids is 1. The van der Waals surface area contributed by atoms with Crippen LogP contribution in [-0.2, 0) is 10.2 Å². The van der Waals surface area contributed by atoms with Crippen molar-refractivity contribution < 1.29 is 4.79 Å². The monoisotopic (exact) mass is 456 g/mol. The molecular weight excluding hydrogens is 436 g/mol. The molecule has 7 heteroatoms. The smallest absolute Gasteiger partial charge is 0.276 e. The number of carbonyl (C=O) groups is 1. The summed E-state index contributed by atoms with van der Waals surface area (Å²) in [7, 11) is 0. The molecule has 0 radical (unpaired) electrons. The first-order valence-electron chi connectivity index (χ1n) is 8.99. The average Bonchev–Trinajstić information content (AvgIpc) is 2.66. The fourth-order valence-corrected chi connectivity index (χ4v) is 4.04. The number of thioether (sulfide) groups is 1. The number of halogens is 1. The number of benzene rings is 2. The van der Waals surface area contributed by atoms with Crippen molar-refractivity contribution in [2.24, 2.45) is 10.1 Å². The molecule has 2 aromatic carbocycles. The molecule has 2 aliphatic rings. The second-order valence-electron chi connectivity index (χ2n) is 7.79. The number of hydrogen-bond acceptors (Lipinski definition) is 5. The van der Waals surface area contributed by atoms with E-state index in [-0.39, 0.29) is 17.5 Å². The molecule has 0 aliphatic carbocycles. The molecule has 0 fully saturated rings. The minimum absolute atomic E-state index is 0.0770. The number of hydrazone groups is 1. The lowest BCUT2D eigenvalue weighted by molar-refractivity contribution is -0.116. The van der Waals surface area contributed by atoms with E-state index in [0.717, 1.165) is 20.6 Å². The summed E-state index contributed by atoms with van der Waals surface area (Å²) in [6.45, 7) is 6.57. The number of amides is 1. The van der Waals surface area contributed by atoms with Crippen LogP contribution in [0.3, 0.4) is 0 Å². The quantitative estimate of drug-likeness (QED) is 0.716. The van der Waals surface area contributed by atoms with Crippen molar-refractivity contribution >= 4 is 44.5 Å². The molecule has 4 rings (SSSR count). The van der Waals surface area contributed by atoms with E-state index in [1.54, 1.807) is 5.01 Å². The molecule has 1 amide bonds. The number of nitrogens with one attached hydrogen (secondary N) is 1. The first kappa shape index (κ1) is 19.2. The highest BCUT2D eigenvalue weighted by Gasteiger charge is 2.34. The molecule has 1 atom stereocenters. The van der Waals surface area contributed by atoms with Crippen molar-refractivity contribution in [2.45, 2.75) is 32.4 Å². The van der Waals surface area contributed by atoms with Crippen LogP contribution >= 0.6 is 27.7 Å². The van der Waals surface area contributed by atoms with Crippen molar-refractivity contribution in [3.05, 3.63) is 68.6 Å². The van der Waals surface area contributed by atoms with Crippen LogP contribution in [0.2, 0.25) is 0 Å². The van der Waals surface area contributed by atoms with Crippen LogP contribution in [0.5, 0.6) is 0 Å². The van der Waals surface area contributed by atoms with Crippen molar-refractivity contribution in [1.29, 1.82) is 0 Å². The molecule has 2 aromatic rings. The predicted molar refractivity (Wildman–Crippen MR) is 117 cm³/mol. The number of hydrogen-bond donors (Lipinski definition) is 1. The molecule has 0 bridgehead atoms. The topological polar surface area (TPSA) is 57.1 Å². The van der Waals surface area contributed by atoms with Gasteiger partial charge in [0.2, 0.25) is 0 Å². The van der Waals surface area contributed by atoms with Gasteiger partial charge in [-0.15, -0.1) is 5.10 Å². The van der Waals surface area contributed by atoms with Gasteiger partial charge in [-0.1, -0.05) is 72.7 Å². The number of rotatable bonds is 1. The Labute approximate surface area is 176 Å². The Hall–Kier alpha value is -2.12. The summed E-state index contributed by atoms with van der Waals surface area (Å²) in [4.78, 5) is 17.8. The van der Waals surface area contributed by atoms with E-state index in [4.69, 9.17) is 4.99 Å². The van der Waals surface area contributed by atoms with Gasteiger partial charge in [-0.3, -0.25) is 15.1 Å². The van der Waals surface area contributed by atoms with Crippen LogP contribution in [0.4, 0.5) is 0 Å². The van der Waals surface area contributed by atoms with Crippen molar-refractivity contribution in [3.63, 3.8) is 0 Å². The zero-order chi connectivity index (χ0) is 20.1. The highest BCUT2D eigenvalue weighted by Crippen LogP contribution is 2.32. The first-order chi connectivity index (χ1) is 13.3. The summed E-state index contributed by atoms with van der Waals surface area (Å²) in [5.41, 5.74) is 2.85. The van der Waals surface area contributed by atoms with E-state index in [9.17, 15) is 4.79 Å². The predicted octanol–water partition coefficient (Wildman–Crippen LogP) is 3.25. The van der Waals surface area contributed by atoms with Crippen LogP contribution in [0.25, 0.3) is 5.70 Å². The Bertz CT molecular complexity index is 1100. The number of fused-ring (bicyclic) bond motifs is 2. The van der Waals surface area contributed by atoms with E-state index in [1.807, 2.05) is 24.5 Å². The highest BCUT2D eigenvalue weighted by atomic mass is 79.9. The van der Waals surface area contributed by atoms with E-state index in [2.05, 4.69) is 71.4 Å². The molecule has 0 aromatic heterocycles. The lowest BCUT2D eigenvalue weighted by atomic mass is 9.86. The van der Waals surface area contributed by atoms with E-state index in [1.165, 1.54) is 17.3 Å². The SMILES string of the molecule is CSC1=NN2C(=c3cc(Br)ccc3=NC2c2ccc(C(C)(C)C)cc2)C(=O)N1. The van der Waals surface area contributed by atoms with Gasteiger partial charge in [-0.2, -0.15) is 0 Å². The lowest BCUT2D eigenvalue weighted by Crippen LogP contribution is -2.50. The van der Waals surface area contributed by atoms with Crippen molar-refractivity contribution in [3.8, 4) is 0 Å². The molecule has 0 spiro atoms. The molecular formula is C21H21BrN4OS. The van der Waals surface area contributed by atoms with Gasteiger partial charge in [0, 0.05) is 9.69 Å². The van der Waals surface area contributed by atoms with E-state index in [0.29, 0.717) is 10.9 Å². The largest absolute Gasteiger partial charge is 0.298 e. The molecule has 5 nitrogen and oxygen atoms in total. The maximum absolute atomic E-state index is 12.9. The summed E-state index contributed by atoms with van der Waals surface area (Å²) in [5.74, 6) is -0.162. The third-order valence-electron chi connectivity index (χ3n) is 4.84. The average molecular weight is 457 g/mol. The fraction of sp³-hybridized carbons (Fsp3) is 0.286. The Morgan fingerprint density at radius 3 is 2.50 bits per heavy atom. The van der Waals surface area contributed by atoms with E-state index >= 15 is 0 Å². The van der Waals surface area contributed by atoms with Crippen molar-refractivity contribution in [2.75, 3.05) is 6.26 Å². The molecule has 28 heavy (non-hydrogen) atoms. The second kappa shape index (κ2) is 7.04. The Balaban J connectivity index is 1.91. The van der Waals surface area contributed by atoms with Gasteiger partial charge in [0.25, 0.3) is 5.91 Å². The molecule has 2 aliphatic heterocycles. The fourth-order valence-electron chi connectivity index (χ4n) is 3.32. The van der Waals surface area contributed by atoms with Crippen molar-refractivity contribution in [1.82, 2.24) is 10.3 Å². The minimum Gasteiger partial charge on any atom is -0.298 e. The summed E-state index contributed by atoms with van der Waals surface area (Å²) in [5, 5.41) is 11.4. The zero-order valence-corrected chi connectivity index (χ0v) is 18.6. The van der Waals surface area contributed by atoms with Gasteiger partial charge >= 0.3 is 0 Å². The van der Waals surface area contributed by atoms with Gasteiger partial charge in [-0.25, -0.2) is 5.01 Å². The third kappa shape index (κ3) is 3.37. The Morgan fingerprint density at radius 1 is 1.14 bits per heavy atom. The molecule has 1 N–H and O–H groups in total. The summed E-state index contributed by atoms with van der Waals surface area (Å²) < 4.78 is 0.898. The van der Waals surface area contributed by atoms with Crippen LogP contribution in [0.1, 0.15) is 38.1 Å². The van der Waals surface area contributed by atoms with E-state index < -0.39 is 0 Å². The normalized spacial score (nSPS) is 18.7. The maximum atomic E-state index is 12.9. The Kier molecular flexibility index (Phi) is 4.83. The van der Waals surface area contributed by atoms with Gasteiger partial charge in [-0.05, 0) is 41.0 Å². The standard InChI is InChI=1S/C21H21BrN4OS/c1-21(2,3)13-7-5-12(6-8-13)18-23-16-10-9-14(22)11-15(16)17-19(27)24-20(28-4)25-26(17)18/h5-11,18H,1-4H3,(H,24,25,27). The molecule has 1 unspecified atom stereocenters. The summed E-state index contributed by atoms with van der Waals surface area (Å²) >= 11 is 4.90. The highest BCUT2D eigenvalue weighted by molar-refractivity contribution is 9.10. The van der Waals surface area contributed by atoms with Crippen LogP contribution in [-0.4, -0.2) is 22.3 Å². The number of nitrogens with zero attached hydrogens (tertiary/aromatic N) is 3. The zero-order valence-electron chi connectivity index (χ0n) is 16.2. The number of amidine groups is 1. The molecule has 2 heterocycles. The summed E-state index contributed by atoms with van der Waals surface area (Å²) in [6, 6.07) is 14.2. The van der Waals surface area contributed by atoms with Gasteiger partial charge in [0.15, 0.2) is 11.3 Å². The van der Waals surface area contributed by atoms with Gasteiger partial charge < -0.3 is 0 Å². The molecule has 0 saturated carbocycles. The molecule has 144 valence electrons. The van der Waals surface area contributed by atoms with Crippen LogP contribution in [0, 0.1) is 0 Å². The third-order valence-corrected chi connectivity index (χ3v) is 5.90. The van der Waals surface area contributed by atoms with Crippen LogP contribution in [0.15, 0.2) is 57.0 Å².